The van der Waals surface area contributed by atoms with Gasteiger partial charge < -0.3 is 20.5 Å². The molecule has 1 aromatic carbocycles. The Morgan fingerprint density at radius 2 is 2.00 bits per heavy atom. The SMILES string of the molecule is CCCC(C)(NC(=O)CNC(=O)c1cccc(OC)c1)C(=O)O. The maximum Gasteiger partial charge on any atom is 0.329 e. The van der Waals surface area contributed by atoms with E-state index in [4.69, 9.17) is 4.74 Å². The van der Waals surface area contributed by atoms with Gasteiger partial charge in [-0.05, 0) is 31.5 Å². The molecule has 0 radical (unpaired) electrons. The van der Waals surface area contributed by atoms with Crippen LogP contribution in [0.25, 0.3) is 0 Å². The van der Waals surface area contributed by atoms with E-state index in [2.05, 4.69) is 10.6 Å². The number of hydrogen-bond donors (Lipinski definition) is 3. The average Bonchev–Trinajstić information content (AvgIpc) is 2.52. The van der Waals surface area contributed by atoms with Gasteiger partial charge in [0.25, 0.3) is 5.91 Å². The molecule has 7 heteroatoms. The lowest BCUT2D eigenvalue weighted by molar-refractivity contribution is -0.147. The second-order valence-corrected chi connectivity index (χ2v) is 5.35. The fourth-order valence-electron chi connectivity index (χ4n) is 2.10. The van der Waals surface area contributed by atoms with Crippen LogP contribution in [0.15, 0.2) is 24.3 Å². The highest BCUT2D eigenvalue weighted by molar-refractivity contribution is 5.97. The first-order chi connectivity index (χ1) is 10.8. The van der Waals surface area contributed by atoms with Gasteiger partial charge >= 0.3 is 5.97 Å². The van der Waals surface area contributed by atoms with E-state index in [0.29, 0.717) is 24.2 Å². The minimum atomic E-state index is -1.34. The standard InChI is InChI=1S/C16H22N2O5/c1-4-8-16(2,15(21)22)18-13(19)10-17-14(20)11-6-5-7-12(9-11)23-3/h5-7,9H,4,8,10H2,1-3H3,(H,17,20)(H,18,19)(H,21,22). The number of rotatable bonds is 8. The fourth-order valence-corrected chi connectivity index (χ4v) is 2.10. The summed E-state index contributed by atoms with van der Waals surface area (Å²) in [7, 11) is 1.49. The molecule has 0 bridgehead atoms. The first-order valence-corrected chi connectivity index (χ1v) is 7.29. The van der Waals surface area contributed by atoms with Crippen molar-refractivity contribution in [2.45, 2.75) is 32.2 Å². The van der Waals surface area contributed by atoms with Gasteiger partial charge in [0.2, 0.25) is 5.91 Å². The summed E-state index contributed by atoms with van der Waals surface area (Å²) >= 11 is 0. The smallest absolute Gasteiger partial charge is 0.329 e. The van der Waals surface area contributed by atoms with Crippen molar-refractivity contribution in [1.29, 1.82) is 0 Å². The van der Waals surface area contributed by atoms with Gasteiger partial charge in [0.05, 0.1) is 13.7 Å². The molecule has 0 saturated carbocycles. The zero-order valence-electron chi connectivity index (χ0n) is 13.5. The molecule has 1 atom stereocenters. The third kappa shape index (κ3) is 5.28. The highest BCUT2D eigenvalue weighted by atomic mass is 16.5. The molecule has 23 heavy (non-hydrogen) atoms. The molecule has 0 spiro atoms. The number of methoxy groups -OCH3 is 1. The molecule has 0 aliphatic carbocycles. The molecule has 2 amide bonds. The summed E-state index contributed by atoms with van der Waals surface area (Å²) in [4.78, 5) is 35.1. The molecule has 1 unspecified atom stereocenters. The van der Waals surface area contributed by atoms with Crippen molar-refractivity contribution >= 4 is 17.8 Å². The summed E-state index contributed by atoms with van der Waals surface area (Å²) in [6.45, 7) is 2.97. The Labute approximate surface area is 135 Å². The Morgan fingerprint density at radius 3 is 2.57 bits per heavy atom. The van der Waals surface area contributed by atoms with Gasteiger partial charge in [0.1, 0.15) is 11.3 Å². The highest BCUT2D eigenvalue weighted by Crippen LogP contribution is 2.13. The Balaban J connectivity index is 2.61. The molecule has 1 rings (SSSR count). The number of amides is 2. The largest absolute Gasteiger partial charge is 0.497 e. The number of carboxylic acid groups (broad SMARTS) is 1. The molecule has 3 N–H and O–H groups in total. The van der Waals surface area contributed by atoms with Crippen molar-refractivity contribution in [2.24, 2.45) is 0 Å². The molecule has 126 valence electrons. The van der Waals surface area contributed by atoms with E-state index in [0.717, 1.165) is 0 Å². The lowest BCUT2D eigenvalue weighted by Gasteiger charge is -2.25. The van der Waals surface area contributed by atoms with Crippen molar-refractivity contribution in [3.63, 3.8) is 0 Å². The fraction of sp³-hybridized carbons (Fsp3) is 0.438. The van der Waals surface area contributed by atoms with Crippen molar-refractivity contribution in [2.75, 3.05) is 13.7 Å². The van der Waals surface area contributed by atoms with E-state index in [-0.39, 0.29) is 6.54 Å². The second-order valence-electron chi connectivity index (χ2n) is 5.35. The predicted octanol–water partition coefficient (Wildman–Crippen LogP) is 1.18. The van der Waals surface area contributed by atoms with Crippen molar-refractivity contribution in [3.8, 4) is 5.75 Å². The lowest BCUT2D eigenvalue weighted by Crippen LogP contribution is -2.54. The number of carboxylic acids is 1. The van der Waals surface area contributed by atoms with E-state index in [1.54, 1.807) is 24.3 Å². The van der Waals surface area contributed by atoms with E-state index >= 15 is 0 Å². The van der Waals surface area contributed by atoms with Crippen LogP contribution in [-0.2, 0) is 9.59 Å². The van der Waals surface area contributed by atoms with E-state index < -0.39 is 23.3 Å². The van der Waals surface area contributed by atoms with E-state index in [9.17, 15) is 19.5 Å². The van der Waals surface area contributed by atoms with Crippen LogP contribution in [-0.4, -0.2) is 42.1 Å². The summed E-state index contributed by atoms with van der Waals surface area (Å²) in [5.74, 6) is -1.57. The highest BCUT2D eigenvalue weighted by Gasteiger charge is 2.33. The first-order valence-electron chi connectivity index (χ1n) is 7.29. The molecule has 0 saturated heterocycles. The van der Waals surface area contributed by atoms with Crippen LogP contribution in [0.1, 0.15) is 37.0 Å². The third-order valence-corrected chi connectivity index (χ3v) is 3.38. The number of benzene rings is 1. The van der Waals surface area contributed by atoms with Gasteiger partial charge in [-0.2, -0.15) is 0 Å². The molecule has 0 fully saturated rings. The Morgan fingerprint density at radius 1 is 1.30 bits per heavy atom. The molecule has 7 nitrogen and oxygen atoms in total. The maximum absolute atomic E-state index is 12.0. The number of ether oxygens (including phenoxy) is 1. The summed E-state index contributed by atoms with van der Waals surface area (Å²) in [5.41, 5.74) is -0.987. The number of carbonyl (C=O) groups is 3. The Hall–Kier alpha value is -2.57. The van der Waals surface area contributed by atoms with Gasteiger partial charge in [0.15, 0.2) is 0 Å². The van der Waals surface area contributed by atoms with Gasteiger partial charge in [0, 0.05) is 5.56 Å². The molecule has 0 heterocycles. The minimum absolute atomic E-state index is 0.303. The van der Waals surface area contributed by atoms with Gasteiger partial charge in [-0.25, -0.2) is 4.79 Å². The summed E-state index contributed by atoms with van der Waals surface area (Å²) < 4.78 is 5.03. The molecular weight excluding hydrogens is 300 g/mol. The van der Waals surface area contributed by atoms with E-state index in [1.807, 2.05) is 6.92 Å². The van der Waals surface area contributed by atoms with Crippen LogP contribution < -0.4 is 15.4 Å². The van der Waals surface area contributed by atoms with Crippen LogP contribution in [0, 0.1) is 0 Å². The Bertz CT molecular complexity index is 588. The number of aliphatic carboxylic acids is 1. The zero-order valence-corrected chi connectivity index (χ0v) is 13.5. The molecular formula is C16H22N2O5. The molecule has 0 aromatic heterocycles. The molecule has 1 aromatic rings. The minimum Gasteiger partial charge on any atom is -0.497 e. The molecule has 0 aliphatic rings. The first kappa shape index (κ1) is 18.5. The monoisotopic (exact) mass is 322 g/mol. The van der Waals surface area contributed by atoms with Crippen LogP contribution in [0.5, 0.6) is 5.75 Å². The van der Waals surface area contributed by atoms with Gasteiger partial charge in [-0.1, -0.05) is 19.4 Å². The van der Waals surface area contributed by atoms with Crippen molar-refractivity contribution in [1.82, 2.24) is 10.6 Å². The zero-order chi connectivity index (χ0) is 17.5. The summed E-state index contributed by atoms with van der Waals surface area (Å²) in [6.07, 6.45) is 0.914. The topological polar surface area (TPSA) is 105 Å². The number of hydrogen-bond acceptors (Lipinski definition) is 4. The maximum atomic E-state index is 12.0. The second kappa shape index (κ2) is 8.17. The predicted molar refractivity (Wildman–Crippen MR) is 84.4 cm³/mol. The van der Waals surface area contributed by atoms with E-state index in [1.165, 1.54) is 14.0 Å². The summed E-state index contributed by atoms with van der Waals surface area (Å²) in [6, 6.07) is 6.50. The summed E-state index contributed by atoms with van der Waals surface area (Å²) in [5, 5.41) is 14.1. The van der Waals surface area contributed by atoms with Gasteiger partial charge in [-0.15, -0.1) is 0 Å². The van der Waals surface area contributed by atoms with Crippen LogP contribution in [0.4, 0.5) is 0 Å². The van der Waals surface area contributed by atoms with Gasteiger partial charge in [-0.3, -0.25) is 9.59 Å². The normalized spacial score (nSPS) is 12.8. The van der Waals surface area contributed by atoms with Crippen LogP contribution >= 0.6 is 0 Å². The van der Waals surface area contributed by atoms with Crippen molar-refractivity contribution < 1.29 is 24.2 Å². The van der Waals surface area contributed by atoms with Crippen LogP contribution in [0.2, 0.25) is 0 Å². The Kier molecular flexibility index (Phi) is 6.56. The molecule has 0 aliphatic heterocycles. The van der Waals surface area contributed by atoms with Crippen LogP contribution in [0.3, 0.4) is 0 Å². The average molecular weight is 322 g/mol. The number of nitrogens with one attached hydrogen (secondary N) is 2. The lowest BCUT2D eigenvalue weighted by atomic mass is 9.96. The number of carbonyl (C=O) groups excluding carboxylic acids is 2. The van der Waals surface area contributed by atoms with Crippen molar-refractivity contribution in [3.05, 3.63) is 29.8 Å². The quantitative estimate of drug-likeness (QED) is 0.667. The third-order valence-electron chi connectivity index (χ3n) is 3.38.